The molecule has 1 amide bonds. The summed E-state index contributed by atoms with van der Waals surface area (Å²) in [5.41, 5.74) is 0.215. The minimum Gasteiger partial charge on any atom is -0.494 e. The van der Waals surface area contributed by atoms with Crippen molar-refractivity contribution in [2.75, 3.05) is 14.2 Å². The van der Waals surface area contributed by atoms with Gasteiger partial charge in [-0.2, -0.15) is 5.10 Å². The fourth-order valence-electron chi connectivity index (χ4n) is 3.63. The number of carbonyl (C=O) groups excluding carboxylic acids is 2. The molecule has 33 heavy (non-hydrogen) atoms. The van der Waals surface area contributed by atoms with Crippen LogP contribution in [0.2, 0.25) is 0 Å². The van der Waals surface area contributed by atoms with Crippen molar-refractivity contribution in [1.29, 1.82) is 0 Å². The summed E-state index contributed by atoms with van der Waals surface area (Å²) in [6.07, 6.45) is 0.123. The van der Waals surface area contributed by atoms with Crippen molar-refractivity contribution in [3.63, 3.8) is 0 Å². The van der Waals surface area contributed by atoms with E-state index in [0.717, 1.165) is 0 Å². The van der Waals surface area contributed by atoms with Gasteiger partial charge in [-0.15, -0.1) is 0 Å². The number of aromatic hydroxyl groups is 1. The molecule has 1 N–H and O–H groups in total. The fourth-order valence-corrected chi connectivity index (χ4v) is 3.80. The van der Waals surface area contributed by atoms with Crippen LogP contribution >= 0.6 is 12.2 Å². The molecule has 1 aromatic carbocycles. The third-order valence-electron chi connectivity index (χ3n) is 5.27. The normalized spacial score (nSPS) is 15.3. The summed E-state index contributed by atoms with van der Waals surface area (Å²) < 4.78 is 18.6. The van der Waals surface area contributed by atoms with Gasteiger partial charge in [0.1, 0.15) is 5.56 Å². The van der Waals surface area contributed by atoms with Gasteiger partial charge in [0, 0.05) is 34.4 Å². The van der Waals surface area contributed by atoms with E-state index in [1.807, 2.05) is 0 Å². The first kappa shape index (κ1) is 24.0. The van der Waals surface area contributed by atoms with E-state index in [2.05, 4.69) is 5.10 Å². The minimum absolute atomic E-state index is 0.0437. The van der Waals surface area contributed by atoms with Crippen molar-refractivity contribution in [3.05, 3.63) is 38.4 Å². The molecular formula is C21H24N4O7S. The van der Waals surface area contributed by atoms with Crippen LogP contribution in [0.25, 0.3) is 0 Å². The lowest BCUT2D eigenvalue weighted by Crippen LogP contribution is -2.28. The Kier molecular flexibility index (Phi) is 6.58. The second-order valence-electron chi connectivity index (χ2n) is 7.38. The molecule has 1 aliphatic rings. The van der Waals surface area contributed by atoms with Crippen LogP contribution < -0.4 is 19.8 Å². The Labute approximate surface area is 194 Å². The number of aromatic nitrogens is 2. The molecule has 1 unspecified atom stereocenters. The summed E-state index contributed by atoms with van der Waals surface area (Å²) in [6.45, 7) is 2.59. The highest BCUT2D eigenvalue weighted by Gasteiger charge is 2.35. The number of hydrazone groups is 1. The van der Waals surface area contributed by atoms with Gasteiger partial charge in [0.2, 0.25) is 17.5 Å². The Bertz CT molecular complexity index is 1270. The van der Waals surface area contributed by atoms with Gasteiger partial charge in [-0.3, -0.25) is 23.5 Å². The van der Waals surface area contributed by atoms with Gasteiger partial charge in [0.25, 0.3) is 5.56 Å². The maximum atomic E-state index is 12.9. The molecule has 2 heterocycles. The van der Waals surface area contributed by atoms with Crippen LogP contribution in [0.5, 0.6) is 23.1 Å². The summed E-state index contributed by atoms with van der Waals surface area (Å²) in [5, 5.41) is 16.2. The SMILES string of the molecule is COc1cc(C2CC(c3c(O)n(C)c(=S)n(C)c3=O)=NN2C(C)=O)cc(OC)c1OC(C)=O. The second kappa shape index (κ2) is 9.06. The predicted octanol–water partition coefficient (Wildman–Crippen LogP) is 1.80. The first-order valence-corrected chi connectivity index (χ1v) is 10.2. The lowest BCUT2D eigenvalue weighted by Gasteiger charge is -2.22. The third-order valence-corrected chi connectivity index (χ3v) is 5.82. The number of ether oxygens (including phenoxy) is 3. The number of amides is 1. The van der Waals surface area contributed by atoms with E-state index in [4.69, 9.17) is 26.4 Å². The molecule has 0 fully saturated rings. The number of esters is 1. The van der Waals surface area contributed by atoms with Crippen LogP contribution in [0.3, 0.4) is 0 Å². The minimum atomic E-state index is -0.635. The average molecular weight is 477 g/mol. The number of rotatable bonds is 5. The van der Waals surface area contributed by atoms with E-state index in [-0.39, 0.29) is 51.5 Å². The summed E-state index contributed by atoms with van der Waals surface area (Å²) in [6, 6.07) is 2.57. The second-order valence-corrected chi connectivity index (χ2v) is 7.75. The smallest absolute Gasteiger partial charge is 0.308 e. The third kappa shape index (κ3) is 4.21. The molecule has 2 aromatic rings. The zero-order valence-electron chi connectivity index (χ0n) is 19.0. The van der Waals surface area contributed by atoms with E-state index in [1.165, 1.54) is 56.3 Å². The molecule has 1 atom stereocenters. The number of hydrogen-bond acceptors (Lipinski definition) is 9. The Morgan fingerprint density at radius 1 is 1.12 bits per heavy atom. The molecule has 1 aromatic heterocycles. The summed E-state index contributed by atoms with van der Waals surface area (Å²) in [4.78, 5) is 36.8. The Morgan fingerprint density at radius 3 is 2.18 bits per heavy atom. The first-order valence-electron chi connectivity index (χ1n) is 9.82. The van der Waals surface area contributed by atoms with Crippen LogP contribution in [0.4, 0.5) is 0 Å². The maximum Gasteiger partial charge on any atom is 0.308 e. The van der Waals surface area contributed by atoms with E-state index in [9.17, 15) is 19.5 Å². The van der Waals surface area contributed by atoms with Crippen molar-refractivity contribution in [2.24, 2.45) is 19.2 Å². The number of hydrogen-bond donors (Lipinski definition) is 1. The van der Waals surface area contributed by atoms with Gasteiger partial charge >= 0.3 is 5.97 Å². The van der Waals surface area contributed by atoms with Crippen molar-refractivity contribution in [3.8, 4) is 23.1 Å². The molecule has 12 heteroatoms. The number of nitrogens with zero attached hydrogens (tertiary/aromatic N) is 4. The van der Waals surface area contributed by atoms with Gasteiger partial charge in [-0.1, -0.05) is 0 Å². The molecule has 0 spiro atoms. The molecule has 0 saturated carbocycles. The highest BCUT2D eigenvalue weighted by Crippen LogP contribution is 2.43. The highest BCUT2D eigenvalue weighted by molar-refractivity contribution is 7.71. The fraction of sp³-hybridized carbons (Fsp3) is 0.381. The standard InChI is InChI=1S/C21H24N4O7S/c1-10(26)25-14(12-7-15(30-5)18(32-11(2)27)16(8-12)31-6)9-13(22-25)17-19(28)23(3)21(33)24(4)20(17)29/h7-8,14,28H,9H2,1-6H3. The molecular weight excluding hydrogens is 452 g/mol. The van der Waals surface area contributed by atoms with E-state index in [1.54, 1.807) is 12.1 Å². The molecule has 11 nitrogen and oxygen atoms in total. The van der Waals surface area contributed by atoms with E-state index in [0.29, 0.717) is 5.56 Å². The van der Waals surface area contributed by atoms with Gasteiger partial charge in [-0.05, 0) is 29.9 Å². The largest absolute Gasteiger partial charge is 0.494 e. The van der Waals surface area contributed by atoms with Crippen molar-refractivity contribution < 1.29 is 28.9 Å². The van der Waals surface area contributed by atoms with Crippen LogP contribution in [0.1, 0.15) is 37.4 Å². The Morgan fingerprint density at radius 2 is 1.70 bits per heavy atom. The lowest BCUT2D eigenvalue weighted by atomic mass is 9.98. The highest BCUT2D eigenvalue weighted by atomic mass is 32.1. The molecule has 0 radical (unpaired) electrons. The molecule has 0 aliphatic carbocycles. The number of benzene rings is 1. The number of carbonyl (C=O) groups is 2. The summed E-state index contributed by atoms with van der Waals surface area (Å²) >= 11 is 5.16. The number of methoxy groups -OCH3 is 2. The van der Waals surface area contributed by atoms with E-state index >= 15 is 0 Å². The topological polar surface area (TPSA) is 125 Å². The quantitative estimate of drug-likeness (QED) is 0.394. The average Bonchev–Trinajstić information content (AvgIpc) is 3.21. The van der Waals surface area contributed by atoms with Crippen molar-refractivity contribution in [1.82, 2.24) is 14.1 Å². The maximum absolute atomic E-state index is 12.9. The monoisotopic (exact) mass is 476 g/mol. The van der Waals surface area contributed by atoms with Crippen LogP contribution in [-0.4, -0.2) is 51.1 Å². The predicted molar refractivity (Wildman–Crippen MR) is 120 cm³/mol. The van der Waals surface area contributed by atoms with Gasteiger partial charge < -0.3 is 19.3 Å². The molecule has 3 rings (SSSR count). The Hall–Kier alpha value is -3.67. The van der Waals surface area contributed by atoms with Crippen molar-refractivity contribution in [2.45, 2.75) is 26.3 Å². The Balaban J connectivity index is 2.15. The summed E-state index contributed by atoms with van der Waals surface area (Å²) in [7, 11) is 5.83. The lowest BCUT2D eigenvalue weighted by molar-refractivity contribution is -0.132. The van der Waals surface area contributed by atoms with Gasteiger partial charge in [0.05, 0.1) is 26.0 Å². The van der Waals surface area contributed by atoms with Crippen LogP contribution in [-0.2, 0) is 23.7 Å². The van der Waals surface area contributed by atoms with E-state index < -0.39 is 17.6 Å². The van der Waals surface area contributed by atoms with Gasteiger partial charge in [0.15, 0.2) is 16.3 Å². The molecule has 0 saturated heterocycles. The first-order chi connectivity index (χ1) is 15.5. The zero-order valence-corrected chi connectivity index (χ0v) is 19.8. The molecule has 176 valence electrons. The van der Waals surface area contributed by atoms with Gasteiger partial charge in [-0.25, -0.2) is 5.01 Å². The molecule has 0 bridgehead atoms. The van der Waals surface area contributed by atoms with Crippen molar-refractivity contribution >= 4 is 29.8 Å². The van der Waals surface area contributed by atoms with Crippen LogP contribution in [0, 0.1) is 4.77 Å². The van der Waals surface area contributed by atoms with Crippen LogP contribution in [0.15, 0.2) is 22.0 Å². The zero-order chi connectivity index (χ0) is 24.6. The molecule has 1 aliphatic heterocycles. The summed E-state index contributed by atoms with van der Waals surface area (Å²) in [5.74, 6) is -0.733.